The Morgan fingerprint density at radius 3 is 1.20 bits per heavy atom. The van der Waals surface area contributed by atoms with Crippen LogP contribution in [-0.2, 0) is 4.74 Å². The van der Waals surface area contributed by atoms with E-state index in [2.05, 4.69) is 216 Å². The molecule has 55 heavy (non-hydrogen) atoms. The van der Waals surface area contributed by atoms with Crippen LogP contribution in [0.1, 0.15) is 34.5 Å². The third-order valence-corrected chi connectivity index (χ3v) is 11.7. The third kappa shape index (κ3) is 5.15. The van der Waals surface area contributed by atoms with E-state index < -0.39 is 0 Å². The standard InChI is InChI=1S/C52H38N2O/c1-3-21-37(22-4-1)53(47-31-15-19-35-17-7-9-25-39(35)47)49-33-45-46-34-50(42-28-12-14-30-44(42)52(46)55-51(45)43-29-13-11-27-41(43)49)54(38-23-5-2-6-24-38)48-32-16-20-36-18-8-10-26-40(36)48/h1-34,45-46,51-52H. The van der Waals surface area contributed by atoms with Crippen LogP contribution in [0.5, 0.6) is 0 Å². The average molecular weight is 707 g/mol. The van der Waals surface area contributed by atoms with Crippen LogP contribution >= 0.6 is 0 Å². The molecular weight excluding hydrogens is 669 g/mol. The average Bonchev–Trinajstić information content (AvgIpc) is 3.64. The lowest BCUT2D eigenvalue weighted by Gasteiger charge is -2.37. The number of benzene rings is 8. The van der Waals surface area contributed by atoms with E-state index in [1.54, 1.807) is 0 Å². The van der Waals surface area contributed by atoms with Crippen molar-refractivity contribution in [2.45, 2.75) is 12.2 Å². The number of ether oxygens (including phenoxy) is 1. The van der Waals surface area contributed by atoms with Gasteiger partial charge in [0.05, 0.1) is 35.0 Å². The third-order valence-electron chi connectivity index (χ3n) is 11.7. The summed E-state index contributed by atoms with van der Waals surface area (Å²) in [6.45, 7) is 0. The van der Waals surface area contributed by atoms with Gasteiger partial charge >= 0.3 is 0 Å². The Labute approximate surface area is 321 Å². The summed E-state index contributed by atoms with van der Waals surface area (Å²) in [5.74, 6) is 0.175. The van der Waals surface area contributed by atoms with Gasteiger partial charge in [-0.25, -0.2) is 0 Å². The van der Waals surface area contributed by atoms with Crippen molar-refractivity contribution >= 4 is 55.7 Å². The van der Waals surface area contributed by atoms with Gasteiger partial charge in [0.2, 0.25) is 0 Å². The van der Waals surface area contributed by atoms with Gasteiger partial charge < -0.3 is 14.5 Å². The molecule has 11 rings (SSSR count). The highest BCUT2D eigenvalue weighted by Crippen LogP contribution is 2.59. The predicted octanol–water partition coefficient (Wildman–Crippen LogP) is 13.4. The van der Waals surface area contributed by atoms with E-state index in [1.807, 2.05) is 0 Å². The van der Waals surface area contributed by atoms with Gasteiger partial charge in [-0.3, -0.25) is 0 Å². The van der Waals surface area contributed by atoms with Crippen LogP contribution in [0.3, 0.4) is 0 Å². The number of para-hydroxylation sites is 2. The molecule has 262 valence electrons. The van der Waals surface area contributed by atoms with E-state index >= 15 is 0 Å². The van der Waals surface area contributed by atoms with Crippen molar-refractivity contribution in [1.82, 2.24) is 0 Å². The largest absolute Gasteiger partial charge is 0.364 e. The summed E-state index contributed by atoms with van der Waals surface area (Å²) in [6.07, 6.45) is 4.87. The van der Waals surface area contributed by atoms with Gasteiger partial charge in [-0.15, -0.1) is 0 Å². The lowest BCUT2D eigenvalue weighted by atomic mass is 9.74. The lowest BCUT2D eigenvalue weighted by Crippen LogP contribution is -2.27. The normalized spacial score (nSPS) is 19.4. The minimum atomic E-state index is -0.0912. The van der Waals surface area contributed by atoms with E-state index in [9.17, 15) is 0 Å². The Hall–Kier alpha value is -6.68. The molecule has 4 atom stereocenters. The zero-order valence-corrected chi connectivity index (χ0v) is 30.2. The van der Waals surface area contributed by atoms with Crippen molar-refractivity contribution in [2.24, 2.45) is 11.8 Å². The highest BCUT2D eigenvalue weighted by atomic mass is 16.5. The van der Waals surface area contributed by atoms with Crippen LogP contribution in [-0.4, -0.2) is 0 Å². The zero-order chi connectivity index (χ0) is 36.3. The van der Waals surface area contributed by atoms with Crippen LogP contribution in [0.15, 0.2) is 206 Å². The molecule has 0 amide bonds. The van der Waals surface area contributed by atoms with Gasteiger partial charge in [-0.05, 0) is 58.3 Å². The summed E-state index contributed by atoms with van der Waals surface area (Å²) >= 11 is 0. The minimum absolute atomic E-state index is 0.0876. The highest BCUT2D eigenvalue weighted by Gasteiger charge is 2.50. The summed E-state index contributed by atoms with van der Waals surface area (Å²) in [4.78, 5) is 4.94. The number of rotatable bonds is 6. The van der Waals surface area contributed by atoms with Crippen LogP contribution < -0.4 is 9.80 Å². The first-order chi connectivity index (χ1) is 27.3. The van der Waals surface area contributed by atoms with Crippen molar-refractivity contribution in [3.05, 3.63) is 229 Å². The summed E-state index contributed by atoms with van der Waals surface area (Å²) < 4.78 is 7.32. The summed E-state index contributed by atoms with van der Waals surface area (Å²) in [5, 5.41) is 4.88. The van der Waals surface area contributed by atoms with E-state index in [-0.39, 0.29) is 24.0 Å². The van der Waals surface area contributed by atoms with E-state index in [0.29, 0.717) is 0 Å². The maximum absolute atomic E-state index is 7.32. The number of anilines is 4. The monoisotopic (exact) mass is 706 g/mol. The first-order valence-electron chi connectivity index (χ1n) is 19.3. The Morgan fingerprint density at radius 2 is 0.727 bits per heavy atom. The molecular formula is C52H38N2O. The Balaban J connectivity index is 1.14. The molecule has 3 nitrogen and oxygen atoms in total. The molecule has 0 bridgehead atoms. The molecule has 0 N–H and O–H groups in total. The second-order valence-electron chi connectivity index (χ2n) is 14.7. The molecule has 2 aliphatic carbocycles. The Kier molecular flexibility index (Phi) is 7.53. The van der Waals surface area contributed by atoms with Crippen LogP contribution in [0.2, 0.25) is 0 Å². The quantitative estimate of drug-likeness (QED) is 0.171. The maximum atomic E-state index is 7.32. The molecule has 8 aromatic carbocycles. The van der Waals surface area contributed by atoms with Crippen molar-refractivity contribution < 1.29 is 4.74 Å². The molecule has 1 aliphatic heterocycles. The van der Waals surface area contributed by atoms with Gasteiger partial charge in [0, 0.05) is 45.1 Å². The zero-order valence-electron chi connectivity index (χ0n) is 30.2. The SMILES string of the molecule is C1=C(N(c2ccccc2)c2cccc3ccccc23)c2ccccc2C2OC3c4ccccc4C(N(c4ccccc4)c4cccc5ccccc45)=CC3C12. The minimum Gasteiger partial charge on any atom is -0.364 e. The summed E-state index contributed by atoms with van der Waals surface area (Å²) in [6, 6.07) is 70.1. The van der Waals surface area contributed by atoms with Crippen LogP contribution in [0.4, 0.5) is 22.7 Å². The predicted molar refractivity (Wildman–Crippen MR) is 227 cm³/mol. The van der Waals surface area contributed by atoms with Crippen molar-refractivity contribution in [3.8, 4) is 0 Å². The maximum Gasteiger partial charge on any atom is 0.0910 e. The molecule has 1 fully saturated rings. The second kappa shape index (κ2) is 13.0. The number of fused-ring (bicyclic) bond motifs is 9. The molecule has 1 saturated heterocycles. The Morgan fingerprint density at radius 1 is 0.345 bits per heavy atom. The fourth-order valence-electron chi connectivity index (χ4n) is 9.37. The van der Waals surface area contributed by atoms with Gasteiger partial charge in [-0.1, -0.05) is 170 Å². The van der Waals surface area contributed by atoms with Gasteiger partial charge in [0.15, 0.2) is 0 Å². The first-order valence-corrected chi connectivity index (χ1v) is 19.3. The van der Waals surface area contributed by atoms with Gasteiger partial charge in [0.1, 0.15) is 0 Å². The number of hydrogen-bond acceptors (Lipinski definition) is 3. The molecule has 3 aliphatic rings. The summed E-state index contributed by atoms with van der Waals surface area (Å²) in [5.41, 5.74) is 11.8. The Bertz CT molecular complexity index is 2580. The fourth-order valence-corrected chi connectivity index (χ4v) is 9.37. The van der Waals surface area contributed by atoms with Crippen molar-refractivity contribution in [3.63, 3.8) is 0 Å². The van der Waals surface area contributed by atoms with Crippen LogP contribution in [0.25, 0.3) is 32.9 Å². The van der Waals surface area contributed by atoms with Crippen LogP contribution in [0, 0.1) is 11.8 Å². The van der Waals surface area contributed by atoms with E-state index in [4.69, 9.17) is 4.74 Å². The molecule has 3 heteroatoms. The summed E-state index contributed by atoms with van der Waals surface area (Å²) in [7, 11) is 0. The topological polar surface area (TPSA) is 15.7 Å². The van der Waals surface area contributed by atoms with E-state index in [0.717, 1.165) is 22.7 Å². The van der Waals surface area contributed by atoms with Crippen molar-refractivity contribution in [2.75, 3.05) is 9.80 Å². The smallest absolute Gasteiger partial charge is 0.0910 e. The molecule has 4 unspecified atom stereocenters. The van der Waals surface area contributed by atoms with Gasteiger partial charge in [-0.2, -0.15) is 0 Å². The molecule has 8 aromatic rings. The molecule has 0 radical (unpaired) electrons. The lowest BCUT2D eigenvalue weighted by molar-refractivity contribution is 0.0314. The first kappa shape index (κ1) is 31.8. The molecule has 0 aromatic heterocycles. The number of hydrogen-bond donors (Lipinski definition) is 0. The molecule has 0 saturated carbocycles. The van der Waals surface area contributed by atoms with Crippen molar-refractivity contribution in [1.29, 1.82) is 0 Å². The number of nitrogens with zero attached hydrogens (tertiary/aromatic N) is 2. The second-order valence-corrected chi connectivity index (χ2v) is 14.7. The highest BCUT2D eigenvalue weighted by molar-refractivity contribution is 6.04. The fraction of sp³-hybridized carbons (Fsp3) is 0.0769. The van der Waals surface area contributed by atoms with Gasteiger partial charge in [0.25, 0.3) is 0 Å². The van der Waals surface area contributed by atoms with E-state index in [1.165, 1.54) is 55.2 Å². The molecule has 0 spiro atoms. The molecule has 1 heterocycles.